The zero-order valence-corrected chi connectivity index (χ0v) is 10.3. The molecule has 98 valence electrons. The molecule has 0 saturated carbocycles. The van der Waals surface area contributed by atoms with Crippen LogP contribution in [0.25, 0.3) is 0 Å². The van der Waals surface area contributed by atoms with E-state index in [0.29, 0.717) is 5.82 Å². The number of nitrogens with one attached hydrogen (secondary N) is 2. The van der Waals surface area contributed by atoms with E-state index in [2.05, 4.69) is 20.4 Å². The van der Waals surface area contributed by atoms with Crippen molar-refractivity contribution in [3.8, 4) is 0 Å². The molecule has 7 nitrogen and oxygen atoms in total. The minimum atomic E-state index is -0.685. The Morgan fingerprint density at radius 1 is 1.56 bits per heavy atom. The van der Waals surface area contributed by atoms with Crippen molar-refractivity contribution >= 4 is 17.8 Å². The normalized spacial score (nSPS) is 11.4. The number of hydrogen-bond donors (Lipinski definition) is 3. The van der Waals surface area contributed by atoms with Crippen molar-refractivity contribution in [2.75, 3.05) is 12.8 Å². The van der Waals surface area contributed by atoms with Crippen molar-refractivity contribution < 1.29 is 14.3 Å². The summed E-state index contributed by atoms with van der Waals surface area (Å²) in [6, 6.07) is 2.81. The Kier molecular flexibility index (Phi) is 4.91. The fraction of sp³-hybridized carbons (Fsp3) is 0.364. The lowest BCUT2D eigenvalue weighted by molar-refractivity contribution is -0.122. The molecule has 1 aromatic rings. The molecule has 1 heterocycles. The molecular weight excluding hydrogens is 236 g/mol. The highest BCUT2D eigenvalue weighted by atomic mass is 16.5. The van der Waals surface area contributed by atoms with E-state index >= 15 is 0 Å². The molecule has 0 spiro atoms. The number of methoxy groups -OCH3 is 1. The van der Waals surface area contributed by atoms with Crippen LogP contribution in [0.15, 0.2) is 18.3 Å². The summed E-state index contributed by atoms with van der Waals surface area (Å²) in [4.78, 5) is 26.4. The molecule has 1 aromatic heterocycles. The number of amides is 2. The summed E-state index contributed by atoms with van der Waals surface area (Å²) in [6.45, 7) is 1.81. The zero-order valence-electron chi connectivity index (χ0n) is 10.3. The topological polar surface area (TPSA) is 106 Å². The average molecular weight is 252 g/mol. The van der Waals surface area contributed by atoms with Gasteiger partial charge in [0, 0.05) is 18.3 Å². The van der Waals surface area contributed by atoms with Crippen molar-refractivity contribution in [1.29, 1.82) is 0 Å². The van der Waals surface area contributed by atoms with Gasteiger partial charge in [0.1, 0.15) is 11.9 Å². The van der Waals surface area contributed by atoms with Crippen LogP contribution < -0.4 is 16.4 Å². The highest BCUT2D eigenvalue weighted by Gasteiger charge is 2.15. The molecule has 0 saturated heterocycles. The lowest BCUT2D eigenvalue weighted by atomic mass is 10.2. The van der Waals surface area contributed by atoms with Crippen molar-refractivity contribution in [2.24, 2.45) is 0 Å². The maximum atomic E-state index is 11.6. The highest BCUT2D eigenvalue weighted by molar-refractivity contribution is 5.85. The maximum Gasteiger partial charge on any atom is 0.407 e. The first-order valence-electron chi connectivity index (χ1n) is 5.36. The van der Waals surface area contributed by atoms with Gasteiger partial charge in [-0.15, -0.1) is 0 Å². The van der Waals surface area contributed by atoms with E-state index in [1.54, 1.807) is 25.3 Å². The summed E-state index contributed by atoms with van der Waals surface area (Å²) in [5.74, 6) is 0.0371. The summed E-state index contributed by atoms with van der Waals surface area (Å²) in [6.07, 6.45) is 0.917. The lowest BCUT2D eigenvalue weighted by Crippen LogP contribution is -2.44. The molecule has 0 aliphatic heterocycles. The molecule has 0 aromatic carbocycles. The second kappa shape index (κ2) is 6.43. The Morgan fingerprint density at radius 2 is 2.28 bits per heavy atom. The number of hydrogen-bond acceptors (Lipinski definition) is 5. The Balaban J connectivity index is 2.46. The van der Waals surface area contributed by atoms with Gasteiger partial charge in [0.2, 0.25) is 5.91 Å². The van der Waals surface area contributed by atoms with Crippen LogP contribution in [0.1, 0.15) is 12.5 Å². The summed E-state index contributed by atoms with van der Waals surface area (Å²) >= 11 is 0. The fourth-order valence-corrected chi connectivity index (χ4v) is 1.24. The first-order valence-corrected chi connectivity index (χ1v) is 5.36. The third-order valence-corrected chi connectivity index (χ3v) is 2.29. The van der Waals surface area contributed by atoms with Crippen molar-refractivity contribution in [3.63, 3.8) is 0 Å². The Bertz CT molecular complexity index is 436. The Morgan fingerprint density at radius 3 is 2.89 bits per heavy atom. The third kappa shape index (κ3) is 3.93. The molecule has 0 aliphatic rings. The van der Waals surface area contributed by atoms with Crippen LogP contribution in [0.2, 0.25) is 0 Å². The van der Waals surface area contributed by atoms with E-state index in [1.165, 1.54) is 7.11 Å². The summed E-state index contributed by atoms with van der Waals surface area (Å²) < 4.78 is 4.39. The predicted molar refractivity (Wildman–Crippen MR) is 65.5 cm³/mol. The Labute approximate surface area is 105 Å². The Hall–Kier alpha value is -2.31. The minimum absolute atomic E-state index is 0.256. The number of nitrogen functional groups attached to an aromatic ring is 1. The standard InChI is InChI=1S/C11H16N4O3/c1-7(15-11(17)18-2)10(16)14-6-8-4-3-5-13-9(8)12/h3-5,7H,6H2,1-2H3,(H2,12,13)(H,14,16)(H,15,17)/t7-/m1/s1. The van der Waals surface area contributed by atoms with Crippen molar-refractivity contribution in [2.45, 2.75) is 19.5 Å². The van der Waals surface area contributed by atoms with Crippen LogP contribution in [-0.4, -0.2) is 30.1 Å². The van der Waals surface area contributed by atoms with Gasteiger partial charge >= 0.3 is 6.09 Å². The first-order chi connectivity index (χ1) is 8.54. The van der Waals surface area contributed by atoms with Gasteiger partial charge < -0.3 is 21.1 Å². The number of nitrogens with two attached hydrogens (primary N) is 1. The number of rotatable bonds is 4. The highest BCUT2D eigenvalue weighted by Crippen LogP contribution is 2.05. The zero-order chi connectivity index (χ0) is 13.5. The van der Waals surface area contributed by atoms with Crippen molar-refractivity contribution in [1.82, 2.24) is 15.6 Å². The van der Waals surface area contributed by atoms with Gasteiger partial charge in [-0.2, -0.15) is 0 Å². The van der Waals surface area contributed by atoms with E-state index < -0.39 is 12.1 Å². The number of anilines is 1. The molecule has 1 atom stereocenters. The van der Waals surface area contributed by atoms with Gasteiger partial charge in [0.25, 0.3) is 0 Å². The predicted octanol–water partition coefficient (Wildman–Crippen LogP) is 0.0245. The van der Waals surface area contributed by atoms with E-state index in [0.717, 1.165) is 5.56 Å². The molecule has 0 fully saturated rings. The van der Waals surface area contributed by atoms with Crippen LogP contribution >= 0.6 is 0 Å². The minimum Gasteiger partial charge on any atom is -0.453 e. The van der Waals surface area contributed by atoms with Crippen LogP contribution in [-0.2, 0) is 16.1 Å². The smallest absolute Gasteiger partial charge is 0.407 e. The second-order valence-electron chi connectivity index (χ2n) is 3.62. The summed E-state index contributed by atoms with van der Waals surface area (Å²) in [5, 5.41) is 5.00. The SMILES string of the molecule is COC(=O)N[C@H](C)C(=O)NCc1cccnc1N. The number of nitrogens with zero attached hydrogens (tertiary/aromatic N) is 1. The molecule has 0 aliphatic carbocycles. The largest absolute Gasteiger partial charge is 0.453 e. The fourth-order valence-electron chi connectivity index (χ4n) is 1.24. The molecule has 1 rings (SSSR count). The van der Waals surface area contributed by atoms with Gasteiger partial charge in [0.05, 0.1) is 7.11 Å². The van der Waals surface area contributed by atoms with Gasteiger partial charge in [-0.3, -0.25) is 4.79 Å². The van der Waals surface area contributed by atoms with Crippen LogP contribution in [0.3, 0.4) is 0 Å². The van der Waals surface area contributed by atoms with Gasteiger partial charge in [0.15, 0.2) is 0 Å². The summed E-state index contributed by atoms with van der Waals surface area (Å²) in [7, 11) is 1.23. The number of pyridine rings is 1. The molecule has 18 heavy (non-hydrogen) atoms. The quantitative estimate of drug-likeness (QED) is 0.700. The van der Waals surface area contributed by atoms with Crippen LogP contribution in [0.5, 0.6) is 0 Å². The van der Waals surface area contributed by atoms with E-state index in [4.69, 9.17) is 5.73 Å². The van der Waals surface area contributed by atoms with Crippen molar-refractivity contribution in [3.05, 3.63) is 23.9 Å². The number of ether oxygens (including phenoxy) is 1. The van der Waals surface area contributed by atoms with E-state index in [1.807, 2.05) is 0 Å². The number of carbonyl (C=O) groups excluding carboxylic acids is 2. The van der Waals surface area contributed by atoms with Crippen LogP contribution in [0, 0.1) is 0 Å². The second-order valence-corrected chi connectivity index (χ2v) is 3.62. The van der Waals surface area contributed by atoms with E-state index in [-0.39, 0.29) is 12.5 Å². The molecule has 0 radical (unpaired) electrons. The first kappa shape index (κ1) is 13.8. The molecular formula is C11H16N4O3. The molecule has 2 amide bonds. The maximum absolute atomic E-state index is 11.6. The lowest BCUT2D eigenvalue weighted by Gasteiger charge is -2.13. The molecule has 4 N–H and O–H groups in total. The number of alkyl carbamates (subject to hydrolysis) is 1. The van der Waals surface area contributed by atoms with E-state index in [9.17, 15) is 9.59 Å². The summed E-state index contributed by atoms with van der Waals surface area (Å²) in [5.41, 5.74) is 6.35. The average Bonchev–Trinajstić information content (AvgIpc) is 2.37. The van der Waals surface area contributed by atoms with Gasteiger partial charge in [-0.25, -0.2) is 9.78 Å². The van der Waals surface area contributed by atoms with Gasteiger partial charge in [-0.05, 0) is 13.0 Å². The number of aromatic nitrogens is 1. The third-order valence-electron chi connectivity index (χ3n) is 2.29. The molecule has 7 heteroatoms. The van der Waals surface area contributed by atoms with Gasteiger partial charge in [-0.1, -0.05) is 6.07 Å². The molecule has 0 unspecified atom stereocenters. The number of carbonyl (C=O) groups is 2. The monoisotopic (exact) mass is 252 g/mol. The molecule has 0 bridgehead atoms. The van der Waals surface area contributed by atoms with Crippen LogP contribution in [0.4, 0.5) is 10.6 Å².